The maximum absolute atomic E-state index is 5.40. The van der Waals surface area contributed by atoms with Crippen LogP contribution in [0.15, 0.2) is 48.5 Å². The van der Waals surface area contributed by atoms with Crippen LogP contribution in [0.3, 0.4) is 0 Å². The molecule has 0 saturated carbocycles. The smallest absolute Gasteiger partial charge is 0.175 e. The van der Waals surface area contributed by atoms with Gasteiger partial charge in [0, 0.05) is 28.4 Å². The average Bonchev–Trinajstić information content (AvgIpc) is 2.52. The van der Waals surface area contributed by atoms with Crippen molar-refractivity contribution < 1.29 is 26.5 Å². The van der Waals surface area contributed by atoms with Crippen molar-refractivity contribution in [3.8, 4) is 11.5 Å². The summed E-state index contributed by atoms with van der Waals surface area (Å²) in [5.41, 5.74) is 1.82. The number of thiocarbonyl (C=S) groups is 1. The van der Waals surface area contributed by atoms with Gasteiger partial charge in [0.15, 0.2) is 5.11 Å². The number of nitrogens with one attached hydrogen (secondary N) is 2. The molecule has 0 heterocycles. The number of anilines is 2. The van der Waals surface area contributed by atoms with Crippen LogP contribution in [0.5, 0.6) is 11.5 Å². The minimum Gasteiger partial charge on any atom is -0.494 e. The van der Waals surface area contributed by atoms with Gasteiger partial charge in [0.05, 0.1) is 13.2 Å². The molecule has 0 amide bonds. The summed E-state index contributed by atoms with van der Waals surface area (Å²) >= 11 is 5.30. The summed E-state index contributed by atoms with van der Waals surface area (Å²) in [6.07, 6.45) is 0. The van der Waals surface area contributed by atoms with E-state index in [4.69, 9.17) is 21.7 Å². The minimum absolute atomic E-state index is 0. The molecule has 0 aliphatic heterocycles. The van der Waals surface area contributed by atoms with E-state index < -0.39 is 0 Å². The van der Waals surface area contributed by atoms with Gasteiger partial charge in [-0.15, -0.1) is 0 Å². The molecule has 0 radical (unpaired) electrons. The molecule has 23 heavy (non-hydrogen) atoms. The summed E-state index contributed by atoms with van der Waals surface area (Å²) in [5, 5.41) is 6.80. The Morgan fingerprint density at radius 2 is 1.13 bits per heavy atom. The molecular formula is C17H20FeN2O2S. The molecule has 2 aromatic rings. The van der Waals surface area contributed by atoms with Crippen molar-refractivity contribution in [3.63, 3.8) is 0 Å². The summed E-state index contributed by atoms with van der Waals surface area (Å²) < 4.78 is 10.8. The fourth-order valence-electron chi connectivity index (χ4n) is 1.90. The first-order valence-electron chi connectivity index (χ1n) is 7.25. The van der Waals surface area contributed by atoms with Crippen LogP contribution in [0.4, 0.5) is 11.4 Å². The zero-order chi connectivity index (χ0) is 15.8. The number of hydrogen-bond donors (Lipinski definition) is 2. The van der Waals surface area contributed by atoms with E-state index in [-0.39, 0.29) is 17.1 Å². The third-order valence-electron chi connectivity index (χ3n) is 2.85. The van der Waals surface area contributed by atoms with E-state index >= 15 is 0 Å². The Kier molecular flexibility index (Phi) is 8.48. The standard InChI is InChI=1S/C17H20N2O2S.Fe/c1-3-20-15-9-5-13(6-10-15)18-17(22)19-14-7-11-16(12-8-14)21-4-2;/h5-12H,3-4H2,1-2H3,(H2,18,19,22);. The van der Waals surface area contributed by atoms with E-state index in [0.29, 0.717) is 18.3 Å². The normalized spacial score (nSPS) is 9.48. The van der Waals surface area contributed by atoms with Gasteiger partial charge < -0.3 is 20.1 Å². The van der Waals surface area contributed by atoms with Crippen molar-refractivity contribution in [2.24, 2.45) is 0 Å². The number of hydrogen-bond acceptors (Lipinski definition) is 3. The molecule has 0 saturated heterocycles. The second-order valence-electron chi connectivity index (χ2n) is 4.49. The monoisotopic (exact) mass is 372 g/mol. The van der Waals surface area contributed by atoms with Gasteiger partial charge in [-0.1, -0.05) is 0 Å². The third-order valence-corrected chi connectivity index (χ3v) is 3.05. The molecule has 2 aromatic carbocycles. The number of benzene rings is 2. The second kappa shape index (κ2) is 10.1. The summed E-state index contributed by atoms with van der Waals surface area (Å²) in [7, 11) is 0. The van der Waals surface area contributed by atoms with Crippen molar-refractivity contribution >= 4 is 28.7 Å². The summed E-state index contributed by atoms with van der Waals surface area (Å²) in [6.45, 7) is 5.24. The van der Waals surface area contributed by atoms with E-state index in [1.54, 1.807) is 0 Å². The fraction of sp³-hybridized carbons (Fsp3) is 0.235. The molecule has 0 spiro atoms. The van der Waals surface area contributed by atoms with Crippen LogP contribution in [0, 0.1) is 0 Å². The first-order chi connectivity index (χ1) is 10.7. The average molecular weight is 372 g/mol. The first-order valence-corrected chi connectivity index (χ1v) is 7.65. The molecule has 0 unspecified atom stereocenters. The van der Waals surface area contributed by atoms with Crippen LogP contribution in [0.25, 0.3) is 0 Å². The maximum atomic E-state index is 5.40. The van der Waals surface area contributed by atoms with E-state index in [2.05, 4.69) is 10.6 Å². The number of ether oxygens (including phenoxy) is 2. The van der Waals surface area contributed by atoms with Crippen LogP contribution in [-0.4, -0.2) is 18.3 Å². The summed E-state index contributed by atoms with van der Waals surface area (Å²) in [4.78, 5) is 0. The molecule has 2 rings (SSSR count). The Morgan fingerprint density at radius 1 is 0.783 bits per heavy atom. The van der Waals surface area contributed by atoms with Crippen LogP contribution in [-0.2, 0) is 17.1 Å². The molecule has 2 N–H and O–H groups in total. The van der Waals surface area contributed by atoms with Crippen molar-refractivity contribution in [2.45, 2.75) is 13.8 Å². The number of rotatable bonds is 6. The van der Waals surface area contributed by atoms with Gasteiger partial charge in [-0.05, 0) is 74.6 Å². The second-order valence-corrected chi connectivity index (χ2v) is 4.90. The molecule has 0 aliphatic carbocycles. The molecular weight excluding hydrogens is 352 g/mol. The van der Waals surface area contributed by atoms with E-state index in [1.165, 1.54) is 0 Å². The molecule has 124 valence electrons. The quantitative estimate of drug-likeness (QED) is 0.585. The van der Waals surface area contributed by atoms with Gasteiger partial charge in [-0.2, -0.15) is 0 Å². The molecule has 0 atom stereocenters. The van der Waals surface area contributed by atoms with Crippen LogP contribution >= 0.6 is 12.2 Å². The van der Waals surface area contributed by atoms with E-state index in [0.717, 1.165) is 22.9 Å². The van der Waals surface area contributed by atoms with Gasteiger partial charge in [0.1, 0.15) is 11.5 Å². The van der Waals surface area contributed by atoms with E-state index in [1.807, 2.05) is 62.4 Å². The maximum Gasteiger partial charge on any atom is 0.175 e. The predicted molar refractivity (Wildman–Crippen MR) is 95.1 cm³/mol. The Balaban J connectivity index is 0.00000264. The largest absolute Gasteiger partial charge is 0.494 e. The Hall–Kier alpha value is -1.75. The topological polar surface area (TPSA) is 42.5 Å². The van der Waals surface area contributed by atoms with E-state index in [9.17, 15) is 0 Å². The van der Waals surface area contributed by atoms with Crippen LogP contribution < -0.4 is 20.1 Å². The molecule has 4 nitrogen and oxygen atoms in total. The van der Waals surface area contributed by atoms with Crippen molar-refractivity contribution in [2.75, 3.05) is 23.8 Å². The van der Waals surface area contributed by atoms with Gasteiger partial charge in [-0.25, -0.2) is 0 Å². The molecule has 0 aliphatic rings. The van der Waals surface area contributed by atoms with Gasteiger partial charge in [0.25, 0.3) is 0 Å². The molecule has 0 aromatic heterocycles. The summed E-state index contributed by atoms with van der Waals surface area (Å²) in [6, 6.07) is 15.3. The molecule has 6 heteroatoms. The summed E-state index contributed by atoms with van der Waals surface area (Å²) in [5.74, 6) is 1.69. The fourth-order valence-corrected chi connectivity index (χ4v) is 2.13. The van der Waals surface area contributed by atoms with Gasteiger partial charge in [-0.3, -0.25) is 0 Å². The Morgan fingerprint density at radius 3 is 1.43 bits per heavy atom. The molecule has 0 bridgehead atoms. The zero-order valence-electron chi connectivity index (χ0n) is 13.1. The Bertz CT molecular complexity index is 549. The van der Waals surface area contributed by atoms with Crippen molar-refractivity contribution in [3.05, 3.63) is 48.5 Å². The van der Waals surface area contributed by atoms with Gasteiger partial charge in [0.2, 0.25) is 0 Å². The van der Waals surface area contributed by atoms with Crippen LogP contribution in [0.2, 0.25) is 0 Å². The van der Waals surface area contributed by atoms with Crippen molar-refractivity contribution in [1.29, 1.82) is 0 Å². The predicted octanol–water partition coefficient (Wildman–Crippen LogP) is 4.29. The third kappa shape index (κ3) is 6.48. The first kappa shape index (κ1) is 19.3. The van der Waals surface area contributed by atoms with Gasteiger partial charge >= 0.3 is 0 Å². The van der Waals surface area contributed by atoms with Crippen LogP contribution in [0.1, 0.15) is 13.8 Å². The van der Waals surface area contributed by atoms with Crippen molar-refractivity contribution in [1.82, 2.24) is 0 Å². The molecule has 0 fully saturated rings. The Labute approximate surface area is 153 Å². The SMILES string of the molecule is CCOc1ccc(NC(=S)Nc2ccc(OCC)cc2)cc1.[Fe]. The minimum atomic E-state index is 0. The zero-order valence-corrected chi connectivity index (χ0v) is 15.0.